The fraction of sp³-hybridized carbons (Fsp3) is 0. The Kier molecular flexibility index (Phi) is 77.3. The zero-order chi connectivity index (χ0) is 12.5. The maximum atomic E-state index is 8.55. The third-order valence-corrected chi connectivity index (χ3v) is 4.46. The fourth-order valence-electron chi connectivity index (χ4n) is 0.616. The van der Waals surface area contributed by atoms with Gasteiger partial charge in [0.15, 0.2) is 0 Å². The summed E-state index contributed by atoms with van der Waals surface area (Å²) in [5.41, 5.74) is 0. The first kappa shape index (κ1) is 56.8. The summed E-state index contributed by atoms with van der Waals surface area (Å²) < 4.78 is 10.1. The van der Waals surface area contributed by atoms with Crippen molar-refractivity contribution in [2.45, 2.75) is 0 Å². The van der Waals surface area contributed by atoms with Gasteiger partial charge in [0.05, 0.1) is 0 Å². The standard InChI is InChI=1S/5CHN2.Fe.8Na/c5*2-1-3;;;;;;;;;/h5*2H;;;;;;;;;/q5*-1;-3;8*+1. The normalized spacial score (nSPS) is 6.88. The Hall–Kier alpha value is 4.97. The Morgan fingerprint density at radius 3 is 0.583 bits per heavy atom. The Labute approximate surface area is 320 Å². The van der Waals surface area contributed by atoms with Crippen molar-refractivity contribution in [3.63, 3.8) is 0 Å². The molecule has 0 rings (SSSR count). The zero-order valence-corrected chi connectivity index (χ0v) is 32.7. The monoisotopic (exact) mass is 445 g/mol. The molecule has 0 unspecified atom stereocenters. The van der Waals surface area contributed by atoms with Gasteiger partial charge in [-0.15, -0.1) is 0 Å². The van der Waals surface area contributed by atoms with Crippen molar-refractivity contribution in [3.05, 3.63) is 0 Å². The second-order valence-electron chi connectivity index (χ2n) is 1.88. The summed E-state index contributed by atoms with van der Waals surface area (Å²) in [4.78, 5) is 0. The first-order valence-electron chi connectivity index (χ1n) is 3.25. The van der Waals surface area contributed by atoms with Gasteiger partial charge in [0.2, 0.25) is 0 Å². The van der Waals surface area contributed by atoms with E-state index < -0.39 is 12.9 Å². The summed E-state index contributed by atoms with van der Waals surface area (Å²) in [7, 11) is 0. The summed E-state index contributed by atoms with van der Waals surface area (Å²) in [6.45, 7) is 0. The van der Waals surface area contributed by atoms with E-state index in [-0.39, 0.29) is 236 Å². The smallest absolute Gasteiger partial charge is 1.00 e. The van der Waals surface area contributed by atoms with Gasteiger partial charge >= 0.3 is 328 Å². The first-order chi connectivity index (χ1) is 7.62. The Bertz CT molecular complexity index is 373. The van der Waals surface area contributed by atoms with Crippen LogP contribution in [0.2, 0.25) is 0 Å². The summed E-state index contributed by atoms with van der Waals surface area (Å²) in [6.07, 6.45) is 7.24. The van der Waals surface area contributed by atoms with E-state index in [4.69, 9.17) is 26.3 Å². The van der Waals surface area contributed by atoms with Crippen LogP contribution in [0.15, 0.2) is 0 Å². The van der Waals surface area contributed by atoms with Crippen LogP contribution in [0.1, 0.15) is 0 Å². The molecule has 0 radical (unpaired) electrons. The largest absolute Gasteiger partial charge is 1.00 e. The van der Waals surface area contributed by atoms with Gasteiger partial charge in [-0.05, 0) is 0 Å². The number of hydrogen-bond donors (Lipinski definition) is 5. The van der Waals surface area contributed by atoms with Gasteiger partial charge in [-0.3, -0.25) is 0 Å². The molecule has 0 aromatic carbocycles. The minimum absolute atomic E-state index is 0. The Morgan fingerprint density at radius 1 is 0.375 bits per heavy atom. The van der Waals surface area contributed by atoms with Gasteiger partial charge in [-0.1, -0.05) is 0 Å². The molecule has 0 aromatic rings. The van der Waals surface area contributed by atoms with Crippen molar-refractivity contribution < 1.29 is 249 Å². The number of nitriles is 5. The van der Waals surface area contributed by atoms with Gasteiger partial charge in [0.1, 0.15) is 0 Å². The quantitative estimate of drug-likeness (QED) is 0.155. The third-order valence-electron chi connectivity index (χ3n) is 1.08. The van der Waals surface area contributed by atoms with Crippen LogP contribution in [0, 0.1) is 57.3 Å². The second kappa shape index (κ2) is 32.6. The van der Waals surface area contributed by atoms with Crippen LogP contribution < -0.4 is 258 Å². The van der Waals surface area contributed by atoms with Crippen molar-refractivity contribution in [1.29, 1.82) is 26.3 Å². The number of rotatable bonds is 5. The number of nitrogens with zero attached hydrogens (tertiary/aromatic N) is 5. The van der Waals surface area contributed by atoms with E-state index in [1.54, 1.807) is 0 Å². The molecule has 0 spiro atoms. The van der Waals surface area contributed by atoms with E-state index in [0.29, 0.717) is 0 Å². The van der Waals surface area contributed by atoms with Gasteiger partial charge in [-0.25, -0.2) is 0 Å². The van der Waals surface area contributed by atoms with E-state index in [1.807, 2.05) is 21.7 Å². The molecule has 0 aromatic heterocycles. The topological polar surface area (TPSA) is 179 Å². The maximum absolute atomic E-state index is 8.55. The molecule has 0 aliphatic heterocycles. The van der Waals surface area contributed by atoms with Gasteiger partial charge in [-0.2, -0.15) is 0 Å². The number of nitrogens with one attached hydrogen (secondary N) is 5. The summed E-state index contributed by atoms with van der Waals surface area (Å²) in [5.74, 6) is 0. The van der Waals surface area contributed by atoms with Crippen molar-refractivity contribution in [2.24, 2.45) is 0 Å². The molecule has 91 valence electrons. The summed E-state index contributed by atoms with van der Waals surface area (Å²) in [5, 5.41) is 42.8. The minimum Gasteiger partial charge on any atom is 1.00 e. The molecule has 0 bridgehead atoms. The van der Waals surface area contributed by atoms with Gasteiger partial charge in [0, 0.05) is 0 Å². The molecule has 0 saturated carbocycles. The van der Waals surface area contributed by atoms with Crippen LogP contribution in [0.5, 0.6) is 0 Å². The fourth-order valence-corrected chi connectivity index (χ4v) is 2.54. The van der Waals surface area contributed by atoms with Crippen molar-refractivity contribution in [1.82, 2.24) is 21.7 Å². The second-order valence-corrected chi connectivity index (χ2v) is 6.03. The molecular formula is C5H5FeN10Na8. The van der Waals surface area contributed by atoms with Crippen LogP contribution in [0.3, 0.4) is 0 Å². The molecule has 19 heteroatoms. The average molecular weight is 445 g/mol. The third kappa shape index (κ3) is 20.3. The molecule has 0 heterocycles. The van der Waals surface area contributed by atoms with Gasteiger partial charge in [0.25, 0.3) is 0 Å². The van der Waals surface area contributed by atoms with Crippen LogP contribution in [-0.2, 0) is 12.9 Å². The Morgan fingerprint density at radius 2 is 0.500 bits per heavy atom. The average Bonchev–Trinajstić information content (AvgIpc) is 2.19. The van der Waals surface area contributed by atoms with Crippen molar-refractivity contribution in [2.75, 3.05) is 0 Å². The van der Waals surface area contributed by atoms with Crippen molar-refractivity contribution in [3.8, 4) is 31.0 Å². The molecule has 0 atom stereocenters. The van der Waals surface area contributed by atoms with Gasteiger partial charge < -0.3 is 0 Å². The molecular weight excluding hydrogens is 440 g/mol. The molecule has 0 aliphatic carbocycles. The van der Waals surface area contributed by atoms with Crippen LogP contribution in [0.25, 0.3) is 0 Å². The van der Waals surface area contributed by atoms with Crippen LogP contribution >= 0.6 is 0 Å². The van der Waals surface area contributed by atoms with E-state index >= 15 is 0 Å². The van der Waals surface area contributed by atoms with E-state index in [0.717, 1.165) is 0 Å². The zero-order valence-electron chi connectivity index (χ0n) is 15.6. The van der Waals surface area contributed by atoms with E-state index in [2.05, 4.69) is 0 Å². The molecule has 10 nitrogen and oxygen atoms in total. The maximum Gasteiger partial charge on any atom is 1.00 e. The minimum atomic E-state index is -4.52. The molecule has 5 N–H and O–H groups in total. The molecule has 0 aliphatic rings. The summed E-state index contributed by atoms with van der Waals surface area (Å²) >= 11 is -4.52. The van der Waals surface area contributed by atoms with Crippen LogP contribution in [0.4, 0.5) is 0 Å². The molecule has 24 heavy (non-hydrogen) atoms. The molecule has 0 fully saturated rings. The molecule has 0 saturated heterocycles. The predicted octanol–water partition coefficient (Wildman–Crippen LogP) is -26.4. The van der Waals surface area contributed by atoms with Crippen molar-refractivity contribution >= 4 is 0 Å². The first-order valence-corrected chi connectivity index (χ1v) is 6.01. The van der Waals surface area contributed by atoms with E-state index in [1.165, 1.54) is 31.0 Å². The predicted molar refractivity (Wildman–Crippen MR) is 43.7 cm³/mol. The molecule has 0 amide bonds. The summed E-state index contributed by atoms with van der Waals surface area (Å²) in [6, 6.07) is 0. The number of hydrogen-bond acceptors (Lipinski definition) is 10. The van der Waals surface area contributed by atoms with E-state index in [9.17, 15) is 0 Å². The van der Waals surface area contributed by atoms with Crippen LogP contribution in [-0.4, -0.2) is 0 Å². The SMILES string of the molecule is N#C[NH][Fe-8]([NH]C#N)([NH]C#N)([NH]C#N)[NH]C#N.[Na+].[Na+].[Na+].[Na+].[Na+].[Na+].[Na+].[Na+]. The Balaban J connectivity index is -0.0000000402.